The highest BCUT2D eigenvalue weighted by Crippen LogP contribution is 2.35. The van der Waals surface area contributed by atoms with Crippen molar-refractivity contribution >= 4 is 11.8 Å². The quantitative estimate of drug-likeness (QED) is 0.933. The second kappa shape index (κ2) is 5.49. The Morgan fingerprint density at radius 2 is 2.00 bits per heavy atom. The molecule has 2 aromatic rings. The lowest BCUT2D eigenvalue weighted by molar-refractivity contribution is -0.138. The normalized spacial score (nSPS) is 11.9. The second-order valence-electron chi connectivity index (χ2n) is 4.24. The second-order valence-corrected chi connectivity index (χ2v) is 5.27. The van der Waals surface area contributed by atoms with Crippen LogP contribution in [-0.2, 0) is 12.7 Å². The van der Waals surface area contributed by atoms with Crippen LogP contribution in [0.2, 0.25) is 0 Å². The molecule has 1 aromatic heterocycles. The highest BCUT2D eigenvalue weighted by atomic mass is 32.2. The van der Waals surface area contributed by atoms with Gasteiger partial charge in [-0.25, -0.2) is 4.98 Å². The van der Waals surface area contributed by atoms with E-state index in [0.717, 1.165) is 11.8 Å². The minimum absolute atomic E-state index is 0.0579. The lowest BCUT2D eigenvalue weighted by Crippen LogP contribution is -2.11. The molecule has 0 aliphatic carbocycles. The lowest BCUT2D eigenvalue weighted by Gasteiger charge is -2.12. The summed E-state index contributed by atoms with van der Waals surface area (Å²) in [6.07, 6.45) is -4.39. The van der Waals surface area contributed by atoms with Gasteiger partial charge in [-0.2, -0.15) is 13.2 Å². The van der Waals surface area contributed by atoms with E-state index in [9.17, 15) is 13.2 Å². The molecule has 0 aliphatic heterocycles. The third-order valence-electron chi connectivity index (χ3n) is 2.82. The zero-order valence-electron chi connectivity index (χ0n) is 10.9. The summed E-state index contributed by atoms with van der Waals surface area (Å²) in [5.74, 6) is 0.693. The molecule has 20 heavy (non-hydrogen) atoms. The van der Waals surface area contributed by atoms with Crippen LogP contribution >= 0.6 is 11.8 Å². The maximum Gasteiger partial charge on any atom is 0.416 e. The number of oxazole rings is 1. The Bertz CT molecular complexity index is 603. The van der Waals surface area contributed by atoms with Crippen LogP contribution in [-0.4, -0.2) is 4.98 Å². The highest BCUT2D eigenvalue weighted by molar-refractivity contribution is 7.99. The molecule has 0 radical (unpaired) electrons. The van der Waals surface area contributed by atoms with Gasteiger partial charge in [0.25, 0.3) is 5.22 Å². The van der Waals surface area contributed by atoms with E-state index < -0.39 is 11.7 Å². The first-order valence-electron chi connectivity index (χ1n) is 5.83. The largest absolute Gasteiger partial charge is 0.436 e. The van der Waals surface area contributed by atoms with Crippen LogP contribution in [0.5, 0.6) is 0 Å². The molecule has 0 spiro atoms. The maximum atomic E-state index is 12.8. The standard InChI is InChI=1S/C13H13F3N2OS/c1-7-8(2)19-12(18-7)20-10-3-4-11(13(14,15)16)9(5-10)6-17/h3-5H,6,17H2,1-2H3. The van der Waals surface area contributed by atoms with E-state index >= 15 is 0 Å². The fourth-order valence-corrected chi connectivity index (χ4v) is 2.55. The SMILES string of the molecule is Cc1nc(Sc2ccc(C(F)(F)F)c(CN)c2)oc1C. The first kappa shape index (κ1) is 14.9. The summed E-state index contributed by atoms with van der Waals surface area (Å²) < 4.78 is 43.7. The van der Waals surface area contributed by atoms with Crippen molar-refractivity contribution in [2.75, 3.05) is 0 Å². The van der Waals surface area contributed by atoms with Gasteiger partial charge in [0.1, 0.15) is 5.76 Å². The van der Waals surface area contributed by atoms with Gasteiger partial charge in [0.2, 0.25) is 0 Å². The molecule has 3 nitrogen and oxygen atoms in total. The molecule has 0 atom stereocenters. The van der Waals surface area contributed by atoms with Crippen molar-refractivity contribution in [1.29, 1.82) is 0 Å². The van der Waals surface area contributed by atoms with Crippen molar-refractivity contribution in [3.63, 3.8) is 0 Å². The zero-order chi connectivity index (χ0) is 14.9. The molecule has 0 fully saturated rings. The average Bonchev–Trinajstić information content (AvgIpc) is 2.66. The molecular formula is C13H13F3N2OS. The summed E-state index contributed by atoms with van der Waals surface area (Å²) in [5.41, 5.74) is 5.51. The van der Waals surface area contributed by atoms with Crippen molar-refractivity contribution in [2.45, 2.75) is 36.7 Å². The van der Waals surface area contributed by atoms with E-state index in [0.29, 0.717) is 15.9 Å². The Morgan fingerprint density at radius 3 is 2.50 bits per heavy atom. The van der Waals surface area contributed by atoms with Crippen LogP contribution in [0, 0.1) is 13.8 Å². The van der Waals surface area contributed by atoms with Crippen LogP contribution in [0.15, 0.2) is 32.7 Å². The average molecular weight is 302 g/mol. The molecule has 2 rings (SSSR count). The predicted molar refractivity (Wildman–Crippen MR) is 69.4 cm³/mol. The molecule has 1 heterocycles. The molecule has 2 N–H and O–H groups in total. The van der Waals surface area contributed by atoms with Gasteiger partial charge in [-0.1, -0.05) is 0 Å². The first-order chi connectivity index (χ1) is 9.31. The number of hydrogen-bond acceptors (Lipinski definition) is 4. The third kappa shape index (κ3) is 3.16. The number of rotatable bonds is 3. The summed E-state index contributed by atoms with van der Waals surface area (Å²) in [6.45, 7) is 3.41. The van der Waals surface area contributed by atoms with E-state index in [4.69, 9.17) is 10.2 Å². The summed E-state index contributed by atoms with van der Waals surface area (Å²) in [6, 6.07) is 3.84. The van der Waals surface area contributed by atoms with Crippen molar-refractivity contribution in [2.24, 2.45) is 5.73 Å². The van der Waals surface area contributed by atoms with E-state index in [2.05, 4.69) is 4.98 Å². The molecule has 108 valence electrons. The molecule has 0 saturated heterocycles. The lowest BCUT2D eigenvalue weighted by atomic mass is 10.1. The minimum atomic E-state index is -4.39. The van der Waals surface area contributed by atoms with E-state index in [1.807, 2.05) is 0 Å². The van der Waals surface area contributed by atoms with Crippen LogP contribution in [0.25, 0.3) is 0 Å². The number of nitrogens with zero attached hydrogens (tertiary/aromatic N) is 1. The van der Waals surface area contributed by atoms with Crippen LogP contribution in [0.1, 0.15) is 22.6 Å². The van der Waals surface area contributed by atoms with Crippen molar-refractivity contribution in [1.82, 2.24) is 4.98 Å². The molecule has 0 aliphatic rings. The fraction of sp³-hybridized carbons (Fsp3) is 0.308. The Balaban J connectivity index is 2.30. The zero-order valence-corrected chi connectivity index (χ0v) is 11.7. The van der Waals surface area contributed by atoms with E-state index in [1.165, 1.54) is 23.9 Å². The van der Waals surface area contributed by atoms with Gasteiger partial charge >= 0.3 is 6.18 Å². The summed E-state index contributed by atoms with van der Waals surface area (Å²) in [5, 5.41) is 0.405. The molecule has 0 bridgehead atoms. The smallest absolute Gasteiger partial charge is 0.416 e. The summed E-state index contributed by atoms with van der Waals surface area (Å²) in [7, 11) is 0. The topological polar surface area (TPSA) is 52.0 Å². The molecule has 0 saturated carbocycles. The molecule has 0 amide bonds. The van der Waals surface area contributed by atoms with Gasteiger partial charge < -0.3 is 10.2 Å². The number of aromatic nitrogens is 1. The van der Waals surface area contributed by atoms with Gasteiger partial charge in [-0.15, -0.1) is 0 Å². The van der Waals surface area contributed by atoms with Crippen molar-refractivity contribution in [3.8, 4) is 0 Å². The molecule has 0 unspecified atom stereocenters. The van der Waals surface area contributed by atoms with Gasteiger partial charge in [0, 0.05) is 11.4 Å². The maximum absolute atomic E-state index is 12.8. The summed E-state index contributed by atoms with van der Waals surface area (Å²) >= 11 is 1.17. The molecule has 1 aromatic carbocycles. The Labute approximate surface area is 118 Å². The number of benzene rings is 1. The molecular weight excluding hydrogens is 289 g/mol. The number of nitrogens with two attached hydrogens (primary N) is 1. The van der Waals surface area contributed by atoms with E-state index in [1.54, 1.807) is 13.8 Å². The monoisotopic (exact) mass is 302 g/mol. The van der Waals surface area contributed by atoms with E-state index in [-0.39, 0.29) is 12.1 Å². The van der Waals surface area contributed by atoms with Gasteiger partial charge in [0.15, 0.2) is 0 Å². The van der Waals surface area contributed by atoms with Crippen LogP contribution in [0.4, 0.5) is 13.2 Å². The predicted octanol–water partition coefficient (Wildman–Crippen LogP) is 3.92. The number of aryl methyl sites for hydroxylation is 2. The Kier molecular flexibility index (Phi) is 4.10. The van der Waals surface area contributed by atoms with Crippen LogP contribution in [0.3, 0.4) is 0 Å². The number of hydrogen-bond donors (Lipinski definition) is 1. The van der Waals surface area contributed by atoms with Gasteiger partial charge in [0.05, 0.1) is 11.3 Å². The first-order valence-corrected chi connectivity index (χ1v) is 6.65. The van der Waals surface area contributed by atoms with Crippen molar-refractivity contribution in [3.05, 3.63) is 40.8 Å². The van der Waals surface area contributed by atoms with Crippen molar-refractivity contribution < 1.29 is 17.6 Å². The fourth-order valence-electron chi connectivity index (χ4n) is 1.67. The highest BCUT2D eigenvalue weighted by Gasteiger charge is 2.32. The third-order valence-corrected chi connectivity index (χ3v) is 3.65. The minimum Gasteiger partial charge on any atom is -0.436 e. The van der Waals surface area contributed by atoms with Crippen LogP contribution < -0.4 is 5.73 Å². The number of halogens is 3. The van der Waals surface area contributed by atoms with Gasteiger partial charge in [-0.3, -0.25) is 0 Å². The van der Waals surface area contributed by atoms with Gasteiger partial charge in [-0.05, 0) is 49.4 Å². The molecule has 7 heteroatoms. The Hall–Kier alpha value is -1.47. The summed E-state index contributed by atoms with van der Waals surface area (Å²) in [4.78, 5) is 4.79. The Morgan fingerprint density at radius 1 is 1.30 bits per heavy atom. The number of alkyl halides is 3.